The Bertz CT molecular complexity index is 803. The lowest BCUT2D eigenvalue weighted by Gasteiger charge is -2.11. The summed E-state index contributed by atoms with van der Waals surface area (Å²) < 4.78 is 40.5. The number of rotatable bonds is 3. The van der Waals surface area contributed by atoms with Crippen molar-refractivity contribution in [3.63, 3.8) is 0 Å². The molecule has 4 nitrogen and oxygen atoms in total. The highest BCUT2D eigenvalue weighted by Gasteiger charge is 2.19. The molecule has 0 fully saturated rings. The van der Waals surface area contributed by atoms with Gasteiger partial charge in [0.2, 0.25) is 0 Å². The first-order chi connectivity index (χ1) is 9.95. The number of halogens is 1. The number of nitrogens with one attached hydrogen (secondary N) is 2. The fraction of sp³-hybridized carbons (Fsp3) is 0.200. The molecule has 0 unspecified atom stereocenters. The maximum Gasteiger partial charge on any atom is 0.261 e. The largest absolute Gasteiger partial charge is 0.309 e. The number of anilines is 1. The van der Waals surface area contributed by atoms with Crippen LogP contribution in [0.25, 0.3) is 0 Å². The van der Waals surface area contributed by atoms with E-state index in [0.717, 1.165) is 17.7 Å². The van der Waals surface area contributed by atoms with Crippen molar-refractivity contribution in [1.82, 2.24) is 5.32 Å². The minimum atomic E-state index is -3.72. The van der Waals surface area contributed by atoms with Gasteiger partial charge >= 0.3 is 0 Å². The summed E-state index contributed by atoms with van der Waals surface area (Å²) in [5.41, 5.74) is 3.01. The van der Waals surface area contributed by atoms with E-state index in [1.807, 2.05) is 6.07 Å². The van der Waals surface area contributed by atoms with Gasteiger partial charge in [0.05, 0.1) is 10.6 Å². The second-order valence-corrected chi connectivity index (χ2v) is 6.78. The van der Waals surface area contributed by atoms with Crippen molar-refractivity contribution in [2.75, 3.05) is 4.72 Å². The molecule has 6 heteroatoms. The topological polar surface area (TPSA) is 58.2 Å². The van der Waals surface area contributed by atoms with Crippen molar-refractivity contribution in [2.24, 2.45) is 0 Å². The zero-order valence-electron chi connectivity index (χ0n) is 11.5. The molecule has 0 saturated carbocycles. The standard InChI is InChI=1S/C15H15FN2O2S/c1-10-2-4-13(16)7-15(10)18-21(19,20)14-5-3-11-8-17-9-12(11)6-14/h2-7,17-18H,8-9H2,1H3. The number of sulfonamides is 1. The molecule has 3 rings (SSSR count). The molecule has 2 aromatic carbocycles. The van der Waals surface area contributed by atoms with Crippen LogP contribution in [0.5, 0.6) is 0 Å². The van der Waals surface area contributed by atoms with E-state index in [1.54, 1.807) is 25.1 Å². The minimum Gasteiger partial charge on any atom is -0.309 e. The fourth-order valence-electron chi connectivity index (χ4n) is 2.35. The summed E-state index contributed by atoms with van der Waals surface area (Å²) in [6.07, 6.45) is 0. The Morgan fingerprint density at radius 3 is 2.67 bits per heavy atom. The van der Waals surface area contributed by atoms with Crippen LogP contribution in [-0.4, -0.2) is 8.42 Å². The Balaban J connectivity index is 1.95. The van der Waals surface area contributed by atoms with Crippen LogP contribution in [-0.2, 0) is 23.1 Å². The number of hydrogen-bond acceptors (Lipinski definition) is 3. The number of hydrogen-bond donors (Lipinski definition) is 2. The fourth-order valence-corrected chi connectivity index (χ4v) is 3.52. The Kier molecular flexibility index (Phi) is 3.43. The molecule has 0 bridgehead atoms. The predicted octanol–water partition coefficient (Wildman–Crippen LogP) is 2.54. The van der Waals surface area contributed by atoms with Gasteiger partial charge in [-0.1, -0.05) is 12.1 Å². The summed E-state index contributed by atoms with van der Waals surface area (Å²) >= 11 is 0. The smallest absolute Gasteiger partial charge is 0.261 e. The van der Waals surface area contributed by atoms with Crippen molar-refractivity contribution in [3.8, 4) is 0 Å². The van der Waals surface area contributed by atoms with Gasteiger partial charge in [-0.3, -0.25) is 4.72 Å². The third-order valence-electron chi connectivity index (χ3n) is 3.56. The molecule has 2 N–H and O–H groups in total. The number of benzene rings is 2. The molecule has 110 valence electrons. The first-order valence-corrected chi connectivity index (χ1v) is 8.05. The van der Waals surface area contributed by atoms with Crippen molar-refractivity contribution >= 4 is 15.7 Å². The second kappa shape index (κ2) is 5.13. The van der Waals surface area contributed by atoms with Gasteiger partial charge < -0.3 is 5.32 Å². The van der Waals surface area contributed by atoms with E-state index >= 15 is 0 Å². The number of fused-ring (bicyclic) bond motifs is 1. The first kappa shape index (κ1) is 14.0. The van der Waals surface area contributed by atoms with Crippen LogP contribution in [0.15, 0.2) is 41.3 Å². The van der Waals surface area contributed by atoms with E-state index in [9.17, 15) is 12.8 Å². The molecule has 0 amide bonds. The molecule has 0 radical (unpaired) electrons. The van der Waals surface area contributed by atoms with E-state index in [1.165, 1.54) is 12.1 Å². The normalized spacial score (nSPS) is 14.0. The van der Waals surface area contributed by atoms with Crippen LogP contribution in [0, 0.1) is 12.7 Å². The highest BCUT2D eigenvalue weighted by Crippen LogP contribution is 2.24. The van der Waals surface area contributed by atoms with E-state index in [-0.39, 0.29) is 10.6 Å². The Hall–Kier alpha value is -1.92. The van der Waals surface area contributed by atoms with Gasteiger partial charge in [0, 0.05) is 13.1 Å². The van der Waals surface area contributed by atoms with Gasteiger partial charge in [-0.15, -0.1) is 0 Å². The minimum absolute atomic E-state index is 0.189. The maximum absolute atomic E-state index is 13.3. The van der Waals surface area contributed by atoms with Crippen molar-refractivity contribution in [2.45, 2.75) is 24.9 Å². The zero-order valence-corrected chi connectivity index (χ0v) is 12.3. The van der Waals surface area contributed by atoms with Gasteiger partial charge in [0.1, 0.15) is 5.82 Å². The summed E-state index contributed by atoms with van der Waals surface area (Å²) in [7, 11) is -3.72. The second-order valence-electron chi connectivity index (χ2n) is 5.10. The van der Waals surface area contributed by atoms with Gasteiger partial charge in [-0.25, -0.2) is 12.8 Å². The lowest BCUT2D eigenvalue weighted by Crippen LogP contribution is -2.14. The summed E-state index contributed by atoms with van der Waals surface area (Å²) in [4.78, 5) is 0.189. The van der Waals surface area contributed by atoms with Crippen LogP contribution >= 0.6 is 0 Å². The van der Waals surface area contributed by atoms with E-state index in [4.69, 9.17) is 0 Å². The molecule has 1 aliphatic rings. The third kappa shape index (κ3) is 2.77. The molecule has 21 heavy (non-hydrogen) atoms. The van der Waals surface area contributed by atoms with Gasteiger partial charge in [-0.2, -0.15) is 0 Å². The van der Waals surface area contributed by atoms with Crippen LogP contribution in [0.1, 0.15) is 16.7 Å². The molecule has 0 aliphatic carbocycles. The van der Waals surface area contributed by atoms with Crippen LogP contribution < -0.4 is 10.0 Å². The van der Waals surface area contributed by atoms with E-state index < -0.39 is 15.8 Å². The molecular formula is C15H15FN2O2S. The lowest BCUT2D eigenvalue weighted by molar-refractivity contribution is 0.601. The SMILES string of the molecule is Cc1ccc(F)cc1NS(=O)(=O)c1ccc2c(c1)CNC2. The predicted molar refractivity (Wildman–Crippen MR) is 78.9 cm³/mol. The quantitative estimate of drug-likeness (QED) is 0.916. The molecular weight excluding hydrogens is 291 g/mol. The summed E-state index contributed by atoms with van der Waals surface area (Å²) in [5, 5.41) is 3.17. The highest BCUT2D eigenvalue weighted by molar-refractivity contribution is 7.92. The van der Waals surface area contributed by atoms with E-state index in [0.29, 0.717) is 12.1 Å². The van der Waals surface area contributed by atoms with Gasteiger partial charge in [-0.05, 0) is 47.9 Å². The average Bonchev–Trinajstić information content (AvgIpc) is 2.90. The summed E-state index contributed by atoms with van der Waals surface area (Å²) in [6, 6.07) is 9.06. The number of aryl methyl sites for hydroxylation is 1. The average molecular weight is 306 g/mol. The van der Waals surface area contributed by atoms with Crippen molar-refractivity contribution in [1.29, 1.82) is 0 Å². The lowest BCUT2D eigenvalue weighted by atomic mass is 10.1. The van der Waals surface area contributed by atoms with Crippen molar-refractivity contribution in [3.05, 3.63) is 58.9 Å². The third-order valence-corrected chi connectivity index (χ3v) is 4.93. The summed E-state index contributed by atoms with van der Waals surface area (Å²) in [6.45, 7) is 3.15. The summed E-state index contributed by atoms with van der Waals surface area (Å²) in [5.74, 6) is -0.476. The van der Waals surface area contributed by atoms with Gasteiger partial charge in [0.15, 0.2) is 0 Å². The highest BCUT2D eigenvalue weighted by atomic mass is 32.2. The molecule has 0 aromatic heterocycles. The van der Waals surface area contributed by atoms with Crippen LogP contribution in [0.4, 0.5) is 10.1 Å². The Morgan fingerprint density at radius 2 is 1.86 bits per heavy atom. The molecule has 1 aliphatic heterocycles. The first-order valence-electron chi connectivity index (χ1n) is 6.57. The molecule has 0 spiro atoms. The Morgan fingerprint density at radius 1 is 1.10 bits per heavy atom. The van der Waals surface area contributed by atoms with Crippen molar-refractivity contribution < 1.29 is 12.8 Å². The molecule has 0 atom stereocenters. The van der Waals surface area contributed by atoms with Crippen LogP contribution in [0.2, 0.25) is 0 Å². The molecule has 0 saturated heterocycles. The maximum atomic E-state index is 13.3. The van der Waals surface area contributed by atoms with Gasteiger partial charge in [0.25, 0.3) is 10.0 Å². The molecule has 1 heterocycles. The zero-order chi connectivity index (χ0) is 15.0. The molecule has 2 aromatic rings. The Labute approximate surface area is 123 Å². The van der Waals surface area contributed by atoms with Crippen LogP contribution in [0.3, 0.4) is 0 Å². The monoisotopic (exact) mass is 306 g/mol. The van der Waals surface area contributed by atoms with E-state index in [2.05, 4.69) is 10.0 Å².